The molecule has 0 amide bonds. The molecule has 0 N–H and O–H groups in total. The van der Waals surface area contributed by atoms with Gasteiger partial charge in [0.1, 0.15) is 0 Å². The van der Waals surface area contributed by atoms with Crippen molar-refractivity contribution < 1.29 is 0 Å². The average molecular weight is 315 g/mol. The molecule has 2 aliphatic rings. The maximum atomic E-state index is 3.85. The summed E-state index contributed by atoms with van der Waals surface area (Å²) in [4.78, 5) is 0.832. The van der Waals surface area contributed by atoms with Gasteiger partial charge in [-0.1, -0.05) is 74.2 Å². The quantitative estimate of drug-likeness (QED) is 0.411. The van der Waals surface area contributed by atoms with Crippen LogP contribution in [0.5, 0.6) is 0 Å². The van der Waals surface area contributed by atoms with Gasteiger partial charge in [0.2, 0.25) is 0 Å². The van der Waals surface area contributed by atoms with Crippen molar-refractivity contribution in [1.82, 2.24) is 0 Å². The number of rotatable bonds is 5. The molecule has 0 heterocycles. The summed E-state index contributed by atoms with van der Waals surface area (Å²) in [5.74, 6) is 3.21. The predicted molar refractivity (Wildman–Crippen MR) is 84.3 cm³/mol. The number of halogens is 1. The van der Waals surface area contributed by atoms with Gasteiger partial charge in [-0.3, -0.25) is 0 Å². The van der Waals surface area contributed by atoms with Gasteiger partial charge < -0.3 is 0 Å². The van der Waals surface area contributed by atoms with E-state index in [-0.39, 0.29) is 0 Å². The first kappa shape index (κ1) is 14.9. The van der Waals surface area contributed by atoms with Crippen LogP contribution in [0.2, 0.25) is 0 Å². The minimum Gasteiger partial charge on any atom is -0.0891 e. The second kappa shape index (κ2) is 7.92. The first-order chi connectivity index (χ1) is 8.79. The molecule has 0 aromatic rings. The van der Waals surface area contributed by atoms with E-state index < -0.39 is 0 Å². The van der Waals surface area contributed by atoms with Gasteiger partial charge in [0.05, 0.1) is 0 Å². The van der Waals surface area contributed by atoms with Crippen LogP contribution in [-0.4, -0.2) is 4.83 Å². The Hall–Kier alpha value is 0.480. The average Bonchev–Trinajstić information content (AvgIpc) is 2.40. The third-order valence-corrected chi connectivity index (χ3v) is 6.26. The van der Waals surface area contributed by atoms with Crippen molar-refractivity contribution in [2.75, 3.05) is 0 Å². The number of hydrogen-bond acceptors (Lipinski definition) is 0. The van der Waals surface area contributed by atoms with Crippen LogP contribution in [0, 0.1) is 17.8 Å². The lowest BCUT2D eigenvalue weighted by Gasteiger charge is -2.37. The molecule has 1 heteroatoms. The zero-order valence-corrected chi connectivity index (χ0v) is 13.8. The van der Waals surface area contributed by atoms with Gasteiger partial charge in [-0.25, -0.2) is 0 Å². The van der Waals surface area contributed by atoms with E-state index in [1.165, 1.54) is 64.2 Å². The molecule has 0 aromatic heterocycles. The fourth-order valence-corrected chi connectivity index (χ4v) is 5.03. The lowest BCUT2D eigenvalue weighted by atomic mass is 9.70. The highest BCUT2D eigenvalue weighted by molar-refractivity contribution is 9.09. The van der Waals surface area contributed by atoms with Gasteiger partial charge in [0, 0.05) is 4.83 Å². The Morgan fingerprint density at radius 3 is 2.33 bits per heavy atom. The van der Waals surface area contributed by atoms with E-state index in [2.05, 4.69) is 22.9 Å². The summed E-state index contributed by atoms with van der Waals surface area (Å²) in [6.07, 6.45) is 17.9. The molecule has 2 rings (SSSR count). The maximum absolute atomic E-state index is 3.85. The Morgan fingerprint density at radius 1 is 0.889 bits per heavy atom. The summed E-state index contributed by atoms with van der Waals surface area (Å²) in [5, 5.41) is 0. The zero-order valence-electron chi connectivity index (χ0n) is 12.2. The Bertz CT molecular complexity index is 218. The van der Waals surface area contributed by atoms with Crippen LogP contribution >= 0.6 is 15.9 Å². The summed E-state index contributed by atoms with van der Waals surface area (Å²) < 4.78 is 0. The van der Waals surface area contributed by atoms with Crippen LogP contribution < -0.4 is 0 Å². The molecule has 0 aromatic carbocycles. The molecule has 2 fully saturated rings. The van der Waals surface area contributed by atoms with Crippen LogP contribution in [0.25, 0.3) is 0 Å². The fourth-order valence-electron chi connectivity index (χ4n) is 4.23. The van der Waals surface area contributed by atoms with Crippen LogP contribution in [0.1, 0.15) is 84.0 Å². The van der Waals surface area contributed by atoms with Crippen molar-refractivity contribution >= 4 is 15.9 Å². The molecule has 0 saturated heterocycles. The lowest BCUT2D eigenvalue weighted by Crippen LogP contribution is -2.26. The molecule has 2 aliphatic carbocycles. The molecule has 106 valence electrons. The third-order valence-electron chi connectivity index (χ3n) is 5.42. The monoisotopic (exact) mass is 314 g/mol. The van der Waals surface area contributed by atoms with Crippen molar-refractivity contribution in [2.24, 2.45) is 17.8 Å². The minimum absolute atomic E-state index is 0.832. The van der Waals surface area contributed by atoms with E-state index >= 15 is 0 Å². The lowest BCUT2D eigenvalue weighted by molar-refractivity contribution is 0.165. The number of alkyl halides is 1. The standard InChI is InChI=1S/C17H31Br/c1-2-3-4-6-14-9-11-15(12-10-14)16-7-5-8-17(18)13-16/h14-17H,2-13H2,1H3/t14?,15?,16-,17-/m1/s1. The topological polar surface area (TPSA) is 0 Å². The van der Waals surface area contributed by atoms with E-state index in [4.69, 9.17) is 0 Å². The predicted octanol–water partition coefficient (Wildman–Crippen LogP) is 6.33. The van der Waals surface area contributed by atoms with Crippen molar-refractivity contribution in [3.63, 3.8) is 0 Å². The molecule has 2 atom stereocenters. The van der Waals surface area contributed by atoms with E-state index in [1.807, 2.05) is 0 Å². The van der Waals surface area contributed by atoms with Crippen molar-refractivity contribution in [1.29, 1.82) is 0 Å². The normalized spacial score (nSPS) is 37.7. The smallest absolute Gasteiger partial charge is 0.0148 e. The van der Waals surface area contributed by atoms with Gasteiger partial charge in [-0.2, -0.15) is 0 Å². The number of hydrogen-bond donors (Lipinski definition) is 0. The van der Waals surface area contributed by atoms with Gasteiger partial charge in [-0.05, 0) is 43.4 Å². The molecule has 18 heavy (non-hydrogen) atoms. The maximum Gasteiger partial charge on any atom is 0.0148 e. The van der Waals surface area contributed by atoms with Crippen molar-refractivity contribution in [2.45, 2.75) is 88.8 Å². The highest BCUT2D eigenvalue weighted by atomic mass is 79.9. The molecule has 2 saturated carbocycles. The van der Waals surface area contributed by atoms with Crippen molar-refractivity contribution in [3.05, 3.63) is 0 Å². The van der Waals surface area contributed by atoms with Crippen LogP contribution in [0.3, 0.4) is 0 Å². The molecule has 0 nitrogen and oxygen atoms in total. The van der Waals surface area contributed by atoms with E-state index in [9.17, 15) is 0 Å². The second-order valence-corrected chi connectivity index (χ2v) is 8.10. The van der Waals surface area contributed by atoms with Gasteiger partial charge in [0.25, 0.3) is 0 Å². The highest BCUT2D eigenvalue weighted by Crippen LogP contribution is 2.42. The summed E-state index contributed by atoms with van der Waals surface area (Å²) in [5.41, 5.74) is 0. The summed E-state index contributed by atoms with van der Waals surface area (Å²) in [6, 6.07) is 0. The molecule has 0 radical (unpaired) electrons. The van der Waals surface area contributed by atoms with Crippen LogP contribution in [-0.2, 0) is 0 Å². The minimum atomic E-state index is 0.832. The molecular formula is C17H31Br. The zero-order chi connectivity index (χ0) is 12.8. The Labute approximate surface area is 122 Å². The van der Waals surface area contributed by atoms with Gasteiger partial charge in [0.15, 0.2) is 0 Å². The molecule has 0 aliphatic heterocycles. The first-order valence-electron chi connectivity index (χ1n) is 8.43. The summed E-state index contributed by atoms with van der Waals surface area (Å²) >= 11 is 3.85. The third kappa shape index (κ3) is 4.54. The Kier molecular flexibility index (Phi) is 6.55. The first-order valence-corrected chi connectivity index (χ1v) is 9.35. The molecule has 0 bridgehead atoms. The second-order valence-electron chi connectivity index (χ2n) is 6.80. The van der Waals surface area contributed by atoms with E-state index in [0.29, 0.717) is 0 Å². The van der Waals surface area contributed by atoms with Crippen LogP contribution in [0.4, 0.5) is 0 Å². The van der Waals surface area contributed by atoms with Gasteiger partial charge in [-0.15, -0.1) is 0 Å². The largest absolute Gasteiger partial charge is 0.0891 e. The van der Waals surface area contributed by atoms with Crippen LogP contribution in [0.15, 0.2) is 0 Å². The Balaban J connectivity index is 1.66. The van der Waals surface area contributed by atoms with E-state index in [0.717, 1.165) is 22.6 Å². The Morgan fingerprint density at radius 2 is 1.67 bits per heavy atom. The highest BCUT2D eigenvalue weighted by Gasteiger charge is 2.30. The molecule has 0 unspecified atom stereocenters. The van der Waals surface area contributed by atoms with Gasteiger partial charge >= 0.3 is 0 Å². The van der Waals surface area contributed by atoms with E-state index in [1.54, 1.807) is 12.8 Å². The number of unbranched alkanes of at least 4 members (excludes halogenated alkanes) is 2. The van der Waals surface area contributed by atoms with Crippen molar-refractivity contribution in [3.8, 4) is 0 Å². The SMILES string of the molecule is CCCCCC1CCC([C@@H]2CCC[C@@H](Br)C2)CC1. The summed E-state index contributed by atoms with van der Waals surface area (Å²) in [7, 11) is 0. The fraction of sp³-hybridized carbons (Fsp3) is 1.00. The summed E-state index contributed by atoms with van der Waals surface area (Å²) in [6.45, 7) is 2.32. The molecule has 0 spiro atoms. The molecular weight excluding hydrogens is 284 g/mol.